The van der Waals surface area contributed by atoms with Crippen LogP contribution in [0.4, 0.5) is 0 Å². The van der Waals surface area contributed by atoms with Gasteiger partial charge in [-0.25, -0.2) is 15.0 Å². The summed E-state index contributed by atoms with van der Waals surface area (Å²) in [6, 6.07) is 76.3. The Morgan fingerprint density at radius 2 is 0.971 bits per heavy atom. The molecule has 0 saturated heterocycles. The van der Waals surface area contributed by atoms with Crippen LogP contribution in [0.1, 0.15) is 30.5 Å². The van der Waals surface area contributed by atoms with E-state index >= 15 is 0 Å². The summed E-state index contributed by atoms with van der Waals surface area (Å²) in [6.07, 6.45) is 0. The predicted molar refractivity (Wildman–Crippen MR) is 288 cm³/mol. The molecule has 1 aliphatic carbocycles. The maximum Gasteiger partial charge on any atom is 0.164 e. The fourth-order valence-electron chi connectivity index (χ4n) is 11.3. The van der Waals surface area contributed by atoms with Crippen molar-refractivity contribution in [3.8, 4) is 73.2 Å². The fraction of sp³-hybridized carbons (Fsp3) is 0.0615. The molecule has 0 amide bonds. The standard InChI is InChI=1S/C65H44N4O/c1-39-26-30-49-44(34-39)27-32-54-53-23-13-22-48(43-17-11-16-41(35-43)42-29-33-57-55(37-42)50-20-7-9-24-56(50)65(57,2)3)60(53)69(61(49)54)47-19-12-18-45(36-47)63-66-62(40-14-5-4-6-15-40)67-64(68-63)46-28-31-52-51-21-8-10-25-58(51)70-59(52)38-46/h4-38H,1-3H3. The third kappa shape index (κ3) is 6.21. The zero-order chi connectivity index (χ0) is 46.7. The molecule has 0 saturated carbocycles. The van der Waals surface area contributed by atoms with Gasteiger partial charge in [0.2, 0.25) is 0 Å². The third-order valence-corrected chi connectivity index (χ3v) is 14.7. The summed E-state index contributed by atoms with van der Waals surface area (Å²) in [7, 11) is 0. The lowest BCUT2D eigenvalue weighted by molar-refractivity contribution is 0.660. The number of furan rings is 1. The van der Waals surface area contributed by atoms with E-state index in [4.69, 9.17) is 19.4 Å². The molecule has 330 valence electrons. The summed E-state index contributed by atoms with van der Waals surface area (Å²) in [5.41, 5.74) is 18.9. The molecule has 0 radical (unpaired) electrons. The molecular weight excluding hydrogens is 853 g/mol. The van der Waals surface area contributed by atoms with E-state index in [2.05, 4.69) is 183 Å². The Hall–Kier alpha value is -8.93. The molecule has 5 heteroatoms. The van der Waals surface area contributed by atoms with Crippen LogP contribution in [0.25, 0.3) is 128 Å². The Balaban J connectivity index is 0.960. The molecule has 13 aromatic rings. The molecule has 14 rings (SSSR count). The highest BCUT2D eigenvalue weighted by molar-refractivity contribution is 6.21. The average Bonchev–Trinajstić information content (AvgIpc) is 4.03. The monoisotopic (exact) mass is 896 g/mol. The molecule has 0 unspecified atom stereocenters. The quantitative estimate of drug-likeness (QED) is 0.167. The van der Waals surface area contributed by atoms with Crippen LogP contribution >= 0.6 is 0 Å². The van der Waals surface area contributed by atoms with Crippen molar-refractivity contribution in [3.63, 3.8) is 0 Å². The maximum absolute atomic E-state index is 6.34. The van der Waals surface area contributed by atoms with Gasteiger partial charge in [-0.1, -0.05) is 189 Å². The lowest BCUT2D eigenvalue weighted by atomic mass is 9.82. The zero-order valence-electron chi connectivity index (χ0n) is 38.9. The number of hydrogen-bond donors (Lipinski definition) is 0. The third-order valence-electron chi connectivity index (χ3n) is 14.7. The highest BCUT2D eigenvalue weighted by atomic mass is 16.3. The Bertz CT molecular complexity index is 4290. The maximum atomic E-state index is 6.34. The lowest BCUT2D eigenvalue weighted by Crippen LogP contribution is -2.14. The minimum atomic E-state index is -0.0450. The van der Waals surface area contributed by atoms with Gasteiger partial charge in [0.15, 0.2) is 17.5 Å². The van der Waals surface area contributed by atoms with Gasteiger partial charge in [0.05, 0.1) is 11.0 Å². The van der Waals surface area contributed by atoms with E-state index in [0.29, 0.717) is 17.5 Å². The van der Waals surface area contributed by atoms with Crippen LogP contribution in [0.3, 0.4) is 0 Å². The van der Waals surface area contributed by atoms with Crippen molar-refractivity contribution in [1.29, 1.82) is 0 Å². The predicted octanol–water partition coefficient (Wildman–Crippen LogP) is 17.0. The highest BCUT2D eigenvalue weighted by Crippen LogP contribution is 2.50. The molecule has 0 atom stereocenters. The molecule has 10 aromatic carbocycles. The number of nitrogens with zero attached hydrogens (tertiary/aromatic N) is 4. The summed E-state index contributed by atoms with van der Waals surface area (Å²) in [5.74, 6) is 1.77. The fourth-order valence-corrected chi connectivity index (χ4v) is 11.3. The van der Waals surface area contributed by atoms with Crippen LogP contribution in [0.5, 0.6) is 0 Å². The summed E-state index contributed by atoms with van der Waals surface area (Å²) in [6.45, 7) is 6.84. The normalized spacial score (nSPS) is 12.9. The summed E-state index contributed by atoms with van der Waals surface area (Å²) >= 11 is 0. The van der Waals surface area contributed by atoms with Crippen LogP contribution in [0.2, 0.25) is 0 Å². The Morgan fingerprint density at radius 3 is 1.86 bits per heavy atom. The highest BCUT2D eigenvalue weighted by Gasteiger charge is 2.35. The van der Waals surface area contributed by atoms with Crippen molar-refractivity contribution in [1.82, 2.24) is 19.5 Å². The molecule has 0 aliphatic heterocycles. The largest absolute Gasteiger partial charge is 0.456 e. The summed E-state index contributed by atoms with van der Waals surface area (Å²) in [4.78, 5) is 15.5. The van der Waals surface area contributed by atoms with Crippen molar-refractivity contribution in [2.24, 2.45) is 0 Å². The minimum Gasteiger partial charge on any atom is -0.456 e. The van der Waals surface area contributed by atoms with E-state index in [1.165, 1.54) is 60.5 Å². The molecular formula is C65H44N4O. The van der Waals surface area contributed by atoms with Crippen LogP contribution < -0.4 is 0 Å². The Morgan fingerprint density at radius 1 is 0.371 bits per heavy atom. The minimum absolute atomic E-state index is 0.0450. The van der Waals surface area contributed by atoms with E-state index in [1.54, 1.807) is 0 Å². The Labute approximate surface area is 405 Å². The number of fused-ring (bicyclic) bond motifs is 11. The van der Waals surface area contributed by atoms with E-state index in [9.17, 15) is 0 Å². The first-order chi connectivity index (χ1) is 34.3. The number of aromatic nitrogens is 4. The van der Waals surface area contributed by atoms with E-state index in [-0.39, 0.29) is 5.41 Å². The molecule has 0 fully saturated rings. The van der Waals surface area contributed by atoms with Gasteiger partial charge in [0.1, 0.15) is 11.2 Å². The van der Waals surface area contributed by atoms with Crippen LogP contribution in [-0.4, -0.2) is 19.5 Å². The second-order valence-electron chi connectivity index (χ2n) is 19.3. The molecule has 70 heavy (non-hydrogen) atoms. The number of benzene rings is 10. The average molecular weight is 897 g/mol. The lowest BCUT2D eigenvalue weighted by Gasteiger charge is -2.21. The van der Waals surface area contributed by atoms with Gasteiger partial charge >= 0.3 is 0 Å². The van der Waals surface area contributed by atoms with Crippen molar-refractivity contribution >= 4 is 54.5 Å². The first kappa shape index (κ1) is 40.2. The SMILES string of the molecule is Cc1ccc2c(ccc3c4cccc(-c5cccc(-c6ccc7c(c6)-c6ccccc6C7(C)C)c5)c4n(-c4cccc(-c5nc(-c6ccccc6)nc(-c6ccc7c(c6)oc6ccccc67)n5)c4)c23)c1. The van der Waals surface area contributed by atoms with Gasteiger partial charge in [0, 0.05) is 60.3 Å². The summed E-state index contributed by atoms with van der Waals surface area (Å²) < 4.78 is 8.81. The van der Waals surface area contributed by atoms with Crippen molar-refractivity contribution < 1.29 is 4.42 Å². The molecule has 1 aliphatic rings. The zero-order valence-corrected chi connectivity index (χ0v) is 38.9. The molecule has 5 nitrogen and oxygen atoms in total. The van der Waals surface area contributed by atoms with Crippen molar-refractivity contribution in [2.45, 2.75) is 26.2 Å². The van der Waals surface area contributed by atoms with Gasteiger partial charge in [-0.3, -0.25) is 0 Å². The number of aryl methyl sites for hydroxylation is 1. The van der Waals surface area contributed by atoms with Crippen LogP contribution in [0.15, 0.2) is 217 Å². The van der Waals surface area contributed by atoms with E-state index in [0.717, 1.165) is 66.5 Å². The molecule has 0 bridgehead atoms. The molecule has 0 spiro atoms. The molecule has 3 heterocycles. The summed E-state index contributed by atoms with van der Waals surface area (Å²) in [5, 5.41) is 6.93. The van der Waals surface area contributed by atoms with Gasteiger partial charge in [-0.15, -0.1) is 0 Å². The number of hydrogen-bond acceptors (Lipinski definition) is 4. The molecule has 0 N–H and O–H groups in total. The second-order valence-corrected chi connectivity index (χ2v) is 19.3. The van der Waals surface area contributed by atoms with Crippen molar-refractivity contribution in [3.05, 3.63) is 229 Å². The number of para-hydroxylation sites is 2. The van der Waals surface area contributed by atoms with E-state index in [1.807, 2.05) is 54.6 Å². The van der Waals surface area contributed by atoms with Gasteiger partial charge in [-0.2, -0.15) is 0 Å². The number of rotatable bonds is 6. The van der Waals surface area contributed by atoms with Crippen LogP contribution in [-0.2, 0) is 5.41 Å². The topological polar surface area (TPSA) is 56.7 Å². The van der Waals surface area contributed by atoms with Gasteiger partial charge < -0.3 is 8.98 Å². The molecule has 3 aromatic heterocycles. The first-order valence-corrected chi connectivity index (χ1v) is 24.0. The Kier molecular flexibility index (Phi) is 8.78. The van der Waals surface area contributed by atoms with Crippen LogP contribution in [0, 0.1) is 6.92 Å². The van der Waals surface area contributed by atoms with E-state index < -0.39 is 0 Å². The first-order valence-electron chi connectivity index (χ1n) is 24.0. The smallest absolute Gasteiger partial charge is 0.164 e. The van der Waals surface area contributed by atoms with Crippen molar-refractivity contribution in [2.75, 3.05) is 0 Å². The van der Waals surface area contributed by atoms with Gasteiger partial charge in [-0.05, 0) is 93.7 Å². The second kappa shape index (κ2) is 15.3. The van der Waals surface area contributed by atoms with Gasteiger partial charge in [0.25, 0.3) is 0 Å².